The van der Waals surface area contributed by atoms with Crippen LogP contribution in [0.5, 0.6) is 0 Å². The van der Waals surface area contributed by atoms with E-state index in [1.165, 1.54) is 19.2 Å². The molecule has 1 atom stereocenters. The summed E-state index contributed by atoms with van der Waals surface area (Å²) in [6.45, 7) is 0.766. The zero-order valence-corrected chi connectivity index (χ0v) is 12.4. The van der Waals surface area contributed by atoms with E-state index in [4.69, 9.17) is 10.3 Å². The predicted molar refractivity (Wildman–Crippen MR) is 75.5 cm³/mol. The number of carbonyl (C=O) groups excluding carboxylic acids is 1. The molecular formula is C12H14BrFN4O2. The van der Waals surface area contributed by atoms with Crippen molar-refractivity contribution in [2.24, 2.45) is 5.11 Å². The average Bonchev–Trinajstić information content (AvgIpc) is 2.45. The molecule has 1 rings (SSSR count). The van der Waals surface area contributed by atoms with Gasteiger partial charge < -0.3 is 10.1 Å². The molecule has 6 nitrogen and oxygen atoms in total. The summed E-state index contributed by atoms with van der Waals surface area (Å²) in [7, 11) is 1.27. The Balaban J connectivity index is 2.75. The lowest BCUT2D eigenvalue weighted by Crippen LogP contribution is -2.30. The monoisotopic (exact) mass is 344 g/mol. The van der Waals surface area contributed by atoms with Gasteiger partial charge in [0.2, 0.25) is 0 Å². The second kappa shape index (κ2) is 8.52. The number of azide groups is 1. The van der Waals surface area contributed by atoms with Crippen molar-refractivity contribution < 1.29 is 13.9 Å². The Kier molecular flexibility index (Phi) is 7.00. The van der Waals surface area contributed by atoms with Gasteiger partial charge in [0.05, 0.1) is 11.6 Å². The number of nitrogens with zero attached hydrogens (tertiary/aromatic N) is 3. The first kappa shape index (κ1) is 16.4. The van der Waals surface area contributed by atoms with E-state index < -0.39 is 17.8 Å². The Morgan fingerprint density at radius 1 is 1.65 bits per heavy atom. The van der Waals surface area contributed by atoms with Crippen molar-refractivity contribution in [1.29, 1.82) is 0 Å². The highest BCUT2D eigenvalue weighted by molar-refractivity contribution is 9.10. The Morgan fingerprint density at radius 2 is 2.40 bits per heavy atom. The van der Waals surface area contributed by atoms with Gasteiger partial charge in [0.15, 0.2) is 0 Å². The molecule has 1 aromatic carbocycles. The Labute approximate surface area is 124 Å². The summed E-state index contributed by atoms with van der Waals surface area (Å²) < 4.78 is 18.5. The number of hydrogen-bond donors (Lipinski definition) is 1. The van der Waals surface area contributed by atoms with E-state index in [0.29, 0.717) is 29.5 Å². The first-order chi connectivity index (χ1) is 9.60. The first-order valence-electron chi connectivity index (χ1n) is 5.87. The van der Waals surface area contributed by atoms with Crippen molar-refractivity contribution >= 4 is 21.9 Å². The summed E-state index contributed by atoms with van der Waals surface area (Å²) >= 11 is 3.06. The van der Waals surface area contributed by atoms with Crippen molar-refractivity contribution in [2.45, 2.75) is 12.5 Å². The molecule has 0 aromatic heterocycles. The van der Waals surface area contributed by atoms with Gasteiger partial charge in [-0.1, -0.05) is 11.2 Å². The highest BCUT2D eigenvalue weighted by atomic mass is 79.9. The molecule has 0 amide bonds. The highest BCUT2D eigenvalue weighted by Gasteiger charge is 2.21. The van der Waals surface area contributed by atoms with Crippen LogP contribution in [0.2, 0.25) is 0 Å². The fourth-order valence-corrected chi connectivity index (χ4v) is 1.83. The van der Waals surface area contributed by atoms with Gasteiger partial charge in [-0.05, 0) is 52.1 Å². The zero-order valence-electron chi connectivity index (χ0n) is 10.8. The molecule has 0 aliphatic heterocycles. The second-order valence-corrected chi connectivity index (χ2v) is 4.75. The fourth-order valence-electron chi connectivity index (χ4n) is 1.59. The van der Waals surface area contributed by atoms with Crippen LogP contribution in [0.1, 0.15) is 18.0 Å². The standard InChI is InChI=1S/C12H14BrFN4O2/c1-20-12(19)11(16-5-2-6-17-18-15)8-3-4-9(13)10(14)7-8/h3-4,7,11,16H,2,5-6H2,1H3. The molecule has 20 heavy (non-hydrogen) atoms. The Hall–Kier alpha value is -1.63. The minimum absolute atomic E-state index is 0.325. The first-order valence-corrected chi connectivity index (χ1v) is 6.66. The van der Waals surface area contributed by atoms with E-state index in [1.807, 2.05) is 0 Å². The molecule has 0 aliphatic carbocycles. The number of halogens is 2. The number of rotatable bonds is 7. The number of esters is 1. The highest BCUT2D eigenvalue weighted by Crippen LogP contribution is 2.21. The number of benzene rings is 1. The van der Waals surface area contributed by atoms with Crippen LogP contribution in [0.25, 0.3) is 10.4 Å². The molecule has 108 valence electrons. The quantitative estimate of drug-likeness (QED) is 0.271. The van der Waals surface area contributed by atoms with E-state index >= 15 is 0 Å². The minimum atomic E-state index is -0.756. The normalized spacial score (nSPS) is 11.6. The summed E-state index contributed by atoms with van der Waals surface area (Å²) in [6, 6.07) is 3.68. The van der Waals surface area contributed by atoms with E-state index in [9.17, 15) is 9.18 Å². The summed E-state index contributed by atoms with van der Waals surface area (Å²) in [5, 5.41) is 6.34. The molecule has 0 saturated carbocycles. The molecule has 0 spiro atoms. The second-order valence-electron chi connectivity index (χ2n) is 3.89. The molecule has 0 aliphatic rings. The largest absolute Gasteiger partial charge is 0.468 e. The molecule has 0 bridgehead atoms. The van der Waals surface area contributed by atoms with E-state index in [2.05, 4.69) is 31.3 Å². The lowest BCUT2D eigenvalue weighted by Gasteiger charge is -2.17. The van der Waals surface area contributed by atoms with Crippen molar-refractivity contribution in [2.75, 3.05) is 20.2 Å². The van der Waals surface area contributed by atoms with Gasteiger partial charge >= 0.3 is 5.97 Å². The molecule has 0 saturated heterocycles. The number of methoxy groups -OCH3 is 1. The maximum Gasteiger partial charge on any atom is 0.327 e. The van der Waals surface area contributed by atoms with Crippen LogP contribution in [-0.4, -0.2) is 26.2 Å². The van der Waals surface area contributed by atoms with Crippen LogP contribution >= 0.6 is 15.9 Å². The fraction of sp³-hybridized carbons (Fsp3) is 0.417. The topological polar surface area (TPSA) is 87.1 Å². The smallest absolute Gasteiger partial charge is 0.327 e. The SMILES string of the molecule is COC(=O)C(NCCCN=[N+]=[N-])c1ccc(Br)c(F)c1. The Morgan fingerprint density at radius 3 is 3.00 bits per heavy atom. The summed E-state index contributed by atoms with van der Waals surface area (Å²) in [5.41, 5.74) is 8.63. The molecule has 0 heterocycles. The number of ether oxygens (including phenoxy) is 1. The summed E-state index contributed by atoms with van der Waals surface area (Å²) in [5.74, 6) is -0.956. The van der Waals surface area contributed by atoms with Crippen LogP contribution in [0.3, 0.4) is 0 Å². The maximum absolute atomic E-state index is 13.5. The molecule has 1 aromatic rings. The van der Waals surface area contributed by atoms with Crippen LogP contribution in [-0.2, 0) is 9.53 Å². The van der Waals surface area contributed by atoms with Crippen molar-refractivity contribution in [3.8, 4) is 0 Å². The zero-order chi connectivity index (χ0) is 15.0. The molecule has 8 heteroatoms. The molecule has 0 fully saturated rings. The van der Waals surface area contributed by atoms with Gasteiger partial charge in [-0.3, -0.25) is 0 Å². The Bertz CT molecular complexity index is 520. The van der Waals surface area contributed by atoms with Crippen molar-refractivity contribution in [3.63, 3.8) is 0 Å². The van der Waals surface area contributed by atoms with Gasteiger partial charge in [-0.15, -0.1) is 0 Å². The van der Waals surface area contributed by atoms with E-state index in [0.717, 1.165) is 0 Å². The van der Waals surface area contributed by atoms with Gasteiger partial charge in [0, 0.05) is 11.5 Å². The molecule has 1 unspecified atom stereocenters. The van der Waals surface area contributed by atoms with E-state index in [-0.39, 0.29) is 0 Å². The lowest BCUT2D eigenvalue weighted by atomic mass is 10.1. The minimum Gasteiger partial charge on any atom is -0.468 e. The average molecular weight is 345 g/mol. The van der Waals surface area contributed by atoms with Gasteiger partial charge in [-0.2, -0.15) is 0 Å². The van der Waals surface area contributed by atoms with Gasteiger partial charge in [0.1, 0.15) is 11.9 Å². The maximum atomic E-state index is 13.5. The third-order valence-electron chi connectivity index (χ3n) is 2.56. The molecule has 0 radical (unpaired) electrons. The number of carbonyl (C=O) groups is 1. The molecular weight excluding hydrogens is 331 g/mol. The molecule has 1 N–H and O–H groups in total. The summed E-state index contributed by atoms with van der Waals surface area (Å²) in [6.07, 6.45) is 0.566. The van der Waals surface area contributed by atoms with Gasteiger partial charge in [-0.25, -0.2) is 9.18 Å². The number of nitrogens with one attached hydrogen (secondary N) is 1. The summed E-state index contributed by atoms with van der Waals surface area (Å²) in [4.78, 5) is 14.4. The van der Waals surface area contributed by atoms with Gasteiger partial charge in [0.25, 0.3) is 0 Å². The third-order valence-corrected chi connectivity index (χ3v) is 3.20. The number of hydrogen-bond acceptors (Lipinski definition) is 4. The van der Waals surface area contributed by atoms with E-state index in [1.54, 1.807) is 6.07 Å². The predicted octanol–water partition coefficient (Wildman–Crippen LogP) is 3.09. The van der Waals surface area contributed by atoms with Crippen LogP contribution in [0.4, 0.5) is 4.39 Å². The van der Waals surface area contributed by atoms with Crippen LogP contribution in [0.15, 0.2) is 27.8 Å². The lowest BCUT2D eigenvalue weighted by molar-refractivity contribution is -0.143. The third kappa shape index (κ3) is 4.80. The van der Waals surface area contributed by atoms with Crippen molar-refractivity contribution in [3.05, 3.63) is 44.5 Å². The van der Waals surface area contributed by atoms with Crippen molar-refractivity contribution in [1.82, 2.24) is 5.32 Å². The van der Waals surface area contributed by atoms with Crippen LogP contribution in [0, 0.1) is 5.82 Å². The van der Waals surface area contributed by atoms with Crippen LogP contribution < -0.4 is 5.32 Å².